The Labute approximate surface area is 140 Å². The lowest BCUT2D eigenvalue weighted by Gasteiger charge is -2.11. The SMILES string of the molecule is CC(=O)c1ccccc1NS(=O)(=O)c1ccc(CCC(=O)O)cc1. The molecule has 0 aliphatic carbocycles. The highest BCUT2D eigenvalue weighted by atomic mass is 32.2. The van der Waals surface area contributed by atoms with Crippen molar-refractivity contribution in [2.45, 2.75) is 24.7 Å². The summed E-state index contributed by atoms with van der Waals surface area (Å²) in [4.78, 5) is 22.2. The Morgan fingerprint density at radius 1 is 1.04 bits per heavy atom. The standard InChI is InChI=1S/C17H17NO5S/c1-12(19)15-4-2-3-5-16(15)18-24(22,23)14-9-6-13(7-10-14)8-11-17(20)21/h2-7,9-10,18H,8,11H2,1H3,(H,20,21). The highest BCUT2D eigenvalue weighted by Gasteiger charge is 2.17. The Morgan fingerprint density at radius 2 is 1.67 bits per heavy atom. The van der Waals surface area contributed by atoms with Gasteiger partial charge in [-0.3, -0.25) is 14.3 Å². The number of rotatable bonds is 7. The summed E-state index contributed by atoms with van der Waals surface area (Å²) in [6, 6.07) is 12.4. The molecule has 0 amide bonds. The second-order valence-electron chi connectivity index (χ2n) is 5.24. The summed E-state index contributed by atoms with van der Waals surface area (Å²) in [5.41, 5.74) is 1.25. The van der Waals surface area contributed by atoms with Gasteiger partial charge in [0.25, 0.3) is 10.0 Å². The molecule has 24 heavy (non-hydrogen) atoms. The first-order valence-corrected chi connectivity index (χ1v) is 8.71. The molecule has 126 valence electrons. The van der Waals surface area contributed by atoms with Gasteiger partial charge in [0, 0.05) is 12.0 Å². The van der Waals surface area contributed by atoms with Crippen molar-refractivity contribution in [3.63, 3.8) is 0 Å². The Bertz CT molecular complexity index is 857. The molecule has 0 aliphatic rings. The van der Waals surface area contributed by atoms with Crippen LogP contribution in [0.1, 0.15) is 29.3 Å². The number of hydrogen-bond acceptors (Lipinski definition) is 4. The van der Waals surface area contributed by atoms with E-state index in [-0.39, 0.29) is 22.8 Å². The predicted molar refractivity (Wildman–Crippen MR) is 89.7 cm³/mol. The second kappa shape index (κ2) is 7.27. The topological polar surface area (TPSA) is 101 Å². The first-order valence-electron chi connectivity index (χ1n) is 7.23. The van der Waals surface area contributed by atoms with E-state index in [0.717, 1.165) is 5.56 Å². The molecule has 0 heterocycles. The number of Topliss-reactive ketones (excluding diaryl/α,β-unsaturated/α-hetero) is 1. The van der Waals surface area contributed by atoms with E-state index in [1.807, 2.05) is 0 Å². The van der Waals surface area contributed by atoms with E-state index in [1.165, 1.54) is 25.1 Å². The number of sulfonamides is 1. The Kier molecular flexibility index (Phi) is 5.35. The van der Waals surface area contributed by atoms with Crippen LogP contribution in [0.3, 0.4) is 0 Å². The highest BCUT2D eigenvalue weighted by Crippen LogP contribution is 2.21. The Balaban J connectivity index is 2.22. The summed E-state index contributed by atoms with van der Waals surface area (Å²) in [5, 5.41) is 8.66. The van der Waals surface area contributed by atoms with E-state index in [2.05, 4.69) is 4.72 Å². The van der Waals surface area contributed by atoms with Crippen LogP contribution in [0.2, 0.25) is 0 Å². The van der Waals surface area contributed by atoms with Crippen LogP contribution in [-0.2, 0) is 21.2 Å². The minimum absolute atomic E-state index is 0.0175. The maximum atomic E-state index is 12.4. The summed E-state index contributed by atoms with van der Waals surface area (Å²) in [6.07, 6.45) is 0.312. The first-order chi connectivity index (χ1) is 11.3. The van der Waals surface area contributed by atoms with Crippen molar-refractivity contribution in [2.75, 3.05) is 4.72 Å². The molecule has 6 nitrogen and oxygen atoms in total. The van der Waals surface area contributed by atoms with Crippen LogP contribution in [-0.4, -0.2) is 25.3 Å². The number of aryl methyl sites for hydroxylation is 1. The molecule has 0 spiro atoms. The number of carboxylic acid groups (broad SMARTS) is 1. The van der Waals surface area contributed by atoms with E-state index in [0.29, 0.717) is 12.0 Å². The average Bonchev–Trinajstić information content (AvgIpc) is 2.53. The third-order valence-corrected chi connectivity index (χ3v) is 4.79. The molecule has 0 fully saturated rings. The van der Waals surface area contributed by atoms with Gasteiger partial charge in [0.1, 0.15) is 0 Å². The van der Waals surface area contributed by atoms with Gasteiger partial charge < -0.3 is 5.11 Å². The van der Waals surface area contributed by atoms with Gasteiger partial charge >= 0.3 is 5.97 Å². The minimum Gasteiger partial charge on any atom is -0.481 e. The second-order valence-corrected chi connectivity index (χ2v) is 6.93. The number of carbonyl (C=O) groups excluding carboxylic acids is 1. The molecule has 0 aliphatic heterocycles. The Morgan fingerprint density at radius 3 is 2.25 bits per heavy atom. The van der Waals surface area contributed by atoms with Gasteiger partial charge in [0.2, 0.25) is 0 Å². The van der Waals surface area contributed by atoms with Crippen molar-refractivity contribution in [1.29, 1.82) is 0 Å². The first kappa shape index (κ1) is 17.7. The molecule has 2 aromatic carbocycles. The van der Waals surface area contributed by atoms with Gasteiger partial charge in [-0.15, -0.1) is 0 Å². The number of carbonyl (C=O) groups is 2. The van der Waals surface area contributed by atoms with Crippen LogP contribution in [0.5, 0.6) is 0 Å². The highest BCUT2D eigenvalue weighted by molar-refractivity contribution is 7.92. The van der Waals surface area contributed by atoms with E-state index in [9.17, 15) is 18.0 Å². The predicted octanol–water partition coefficient (Wildman–Crippen LogP) is 2.71. The smallest absolute Gasteiger partial charge is 0.303 e. The number of ketones is 1. The number of nitrogens with one attached hydrogen (secondary N) is 1. The van der Waals surface area contributed by atoms with Crippen LogP contribution < -0.4 is 4.72 Å². The van der Waals surface area contributed by atoms with Crippen molar-refractivity contribution in [3.8, 4) is 0 Å². The van der Waals surface area contributed by atoms with Gasteiger partial charge in [0.15, 0.2) is 5.78 Å². The van der Waals surface area contributed by atoms with Crippen LogP contribution >= 0.6 is 0 Å². The molecule has 0 aromatic heterocycles. The summed E-state index contributed by atoms with van der Waals surface area (Å²) >= 11 is 0. The maximum Gasteiger partial charge on any atom is 0.303 e. The fourth-order valence-corrected chi connectivity index (χ4v) is 3.25. The van der Waals surface area contributed by atoms with Crippen molar-refractivity contribution >= 4 is 27.5 Å². The van der Waals surface area contributed by atoms with Crippen LogP contribution in [0.25, 0.3) is 0 Å². The number of hydrogen-bond donors (Lipinski definition) is 2. The van der Waals surface area contributed by atoms with Gasteiger partial charge in [-0.25, -0.2) is 8.42 Å². The molecule has 2 aromatic rings. The number of para-hydroxylation sites is 1. The summed E-state index contributed by atoms with van der Waals surface area (Å²) in [7, 11) is -3.84. The summed E-state index contributed by atoms with van der Waals surface area (Å²) in [6.45, 7) is 1.37. The Hall–Kier alpha value is -2.67. The largest absolute Gasteiger partial charge is 0.481 e. The van der Waals surface area contributed by atoms with Gasteiger partial charge in [-0.1, -0.05) is 24.3 Å². The fourth-order valence-electron chi connectivity index (χ4n) is 2.17. The molecule has 0 atom stereocenters. The fraction of sp³-hybridized carbons (Fsp3) is 0.176. The lowest BCUT2D eigenvalue weighted by atomic mass is 10.1. The van der Waals surface area contributed by atoms with Crippen molar-refractivity contribution in [3.05, 3.63) is 59.7 Å². The zero-order valence-corrected chi connectivity index (χ0v) is 13.8. The molecule has 0 saturated heterocycles. The third-order valence-electron chi connectivity index (χ3n) is 3.41. The van der Waals surface area contributed by atoms with Gasteiger partial charge in [-0.2, -0.15) is 0 Å². The monoisotopic (exact) mass is 347 g/mol. The molecule has 0 unspecified atom stereocenters. The molecular weight excluding hydrogens is 330 g/mol. The molecule has 2 rings (SSSR count). The summed E-state index contributed by atoms with van der Waals surface area (Å²) < 4.78 is 27.3. The van der Waals surface area contributed by atoms with Gasteiger partial charge in [-0.05, 0) is 43.2 Å². The average molecular weight is 347 g/mol. The zero-order valence-electron chi connectivity index (χ0n) is 13.0. The summed E-state index contributed by atoms with van der Waals surface area (Å²) in [5.74, 6) is -1.15. The number of benzene rings is 2. The lowest BCUT2D eigenvalue weighted by molar-refractivity contribution is -0.136. The number of carboxylic acids is 1. The maximum absolute atomic E-state index is 12.4. The lowest BCUT2D eigenvalue weighted by Crippen LogP contribution is -2.15. The van der Waals surface area contributed by atoms with E-state index < -0.39 is 16.0 Å². The minimum atomic E-state index is -3.84. The zero-order chi connectivity index (χ0) is 17.7. The molecule has 0 saturated carbocycles. The quantitative estimate of drug-likeness (QED) is 0.750. The van der Waals surface area contributed by atoms with E-state index >= 15 is 0 Å². The van der Waals surface area contributed by atoms with Crippen LogP contribution in [0.4, 0.5) is 5.69 Å². The molecule has 0 radical (unpaired) electrons. The van der Waals surface area contributed by atoms with E-state index in [1.54, 1.807) is 30.3 Å². The van der Waals surface area contributed by atoms with Crippen LogP contribution in [0.15, 0.2) is 53.4 Å². The third kappa shape index (κ3) is 4.42. The number of anilines is 1. The molecule has 0 bridgehead atoms. The number of aliphatic carboxylic acids is 1. The van der Waals surface area contributed by atoms with Gasteiger partial charge in [0.05, 0.1) is 10.6 Å². The van der Waals surface area contributed by atoms with Crippen LogP contribution in [0, 0.1) is 0 Å². The van der Waals surface area contributed by atoms with E-state index in [4.69, 9.17) is 5.11 Å². The molecule has 7 heteroatoms. The normalized spacial score (nSPS) is 11.0. The molecular formula is C17H17NO5S. The van der Waals surface area contributed by atoms with Crippen molar-refractivity contribution in [1.82, 2.24) is 0 Å². The van der Waals surface area contributed by atoms with Crippen molar-refractivity contribution in [2.24, 2.45) is 0 Å². The molecule has 2 N–H and O–H groups in total. The van der Waals surface area contributed by atoms with Crippen molar-refractivity contribution < 1.29 is 23.1 Å².